The van der Waals surface area contributed by atoms with E-state index in [1.165, 1.54) is 49.9 Å². The number of piperidine rings is 1. The van der Waals surface area contributed by atoms with Gasteiger partial charge in [-0.3, -0.25) is 15.2 Å². The zero-order valence-electron chi connectivity index (χ0n) is 24.1. The summed E-state index contributed by atoms with van der Waals surface area (Å²) in [5, 5.41) is 12.8. The van der Waals surface area contributed by atoms with Gasteiger partial charge < -0.3 is 15.4 Å². The van der Waals surface area contributed by atoms with Crippen LogP contribution < -0.4 is 11.1 Å². The fourth-order valence-electron chi connectivity index (χ4n) is 6.36. The number of hydrogen-bond donors (Lipinski definition) is 3. The number of nitrogen functional groups attached to an aromatic ring is 1. The van der Waals surface area contributed by atoms with Crippen LogP contribution in [-0.4, -0.2) is 61.2 Å². The summed E-state index contributed by atoms with van der Waals surface area (Å²) >= 11 is 1.40. The number of nitrogens with two attached hydrogens (primary N) is 1. The van der Waals surface area contributed by atoms with E-state index in [-0.39, 0.29) is 60.6 Å². The van der Waals surface area contributed by atoms with Crippen molar-refractivity contribution in [2.75, 3.05) is 24.1 Å². The number of aromatic amines is 1. The number of likely N-dealkylation sites (tertiary alicyclic amines) is 1. The minimum absolute atomic E-state index is 0. The van der Waals surface area contributed by atoms with E-state index in [1.54, 1.807) is 6.20 Å². The number of thiazole rings is 1. The largest absolute Gasteiger partial charge is 0.372 e. The predicted molar refractivity (Wildman–Crippen MR) is 173 cm³/mol. The number of carbonyl (C=O) groups excluding carboxylic acids is 1. The molecule has 1 aliphatic heterocycles. The lowest BCUT2D eigenvalue weighted by atomic mass is 9.74. The third-order valence-corrected chi connectivity index (χ3v) is 9.34. The molecule has 2 fully saturated rings. The summed E-state index contributed by atoms with van der Waals surface area (Å²) < 4.78 is 6.23. The number of amides is 1. The van der Waals surface area contributed by atoms with E-state index >= 15 is 0 Å². The van der Waals surface area contributed by atoms with Crippen LogP contribution in [0.15, 0.2) is 11.6 Å². The standard InChI is InChI=1S/C28H38N8O2S.3ClH/c1-28(2)13-20-22(24-21(28)14-30-26(29)32-24)34-35-23(20)25(37)33-27-31-17(16-39-27)15-38-19-9-11-36(12-10-19)18-7-5-3-4-6-8-18;;;/h14,16,18-19H,3-13,15H2,1-2H3,(H,34,35)(H2,29,30,32)(H,31,33,37);3*1H. The maximum atomic E-state index is 13.2. The Morgan fingerprint density at radius 1 is 1.12 bits per heavy atom. The van der Waals surface area contributed by atoms with Gasteiger partial charge in [0.25, 0.3) is 5.91 Å². The SMILES string of the molecule is CC1(C)Cc2c(C(=O)Nc3nc(COC4CCN(C5CCCCCC5)CC4)cs3)n[nH]c2-c2nc(N)ncc21.Cl.Cl.Cl. The first-order valence-corrected chi connectivity index (χ1v) is 15.1. The second-order valence-corrected chi connectivity index (χ2v) is 12.6. The molecule has 0 unspecified atom stereocenters. The van der Waals surface area contributed by atoms with Gasteiger partial charge in [-0.15, -0.1) is 48.6 Å². The lowest BCUT2D eigenvalue weighted by Gasteiger charge is -2.37. The number of carbonyl (C=O) groups is 1. The van der Waals surface area contributed by atoms with Gasteiger partial charge in [-0.25, -0.2) is 15.0 Å². The fourth-order valence-corrected chi connectivity index (χ4v) is 7.05. The highest BCUT2D eigenvalue weighted by Gasteiger charge is 2.37. The Morgan fingerprint density at radius 2 is 1.83 bits per heavy atom. The van der Waals surface area contributed by atoms with Crippen LogP contribution in [-0.2, 0) is 23.2 Å². The summed E-state index contributed by atoms with van der Waals surface area (Å²) in [7, 11) is 0. The van der Waals surface area contributed by atoms with Crippen molar-refractivity contribution in [3.8, 4) is 11.4 Å². The number of halogens is 3. The van der Waals surface area contributed by atoms with E-state index in [1.807, 2.05) is 5.38 Å². The van der Waals surface area contributed by atoms with Gasteiger partial charge in [0.1, 0.15) is 0 Å². The first-order chi connectivity index (χ1) is 18.9. The minimum atomic E-state index is -0.290. The molecule has 0 spiro atoms. The van der Waals surface area contributed by atoms with Crippen LogP contribution in [0.1, 0.15) is 92.5 Å². The van der Waals surface area contributed by atoms with Crippen LogP contribution in [0.2, 0.25) is 0 Å². The zero-order chi connectivity index (χ0) is 27.0. The van der Waals surface area contributed by atoms with E-state index in [2.05, 4.69) is 49.2 Å². The summed E-state index contributed by atoms with van der Waals surface area (Å²) in [5.74, 6) is -0.0952. The number of anilines is 2. The molecular formula is C28H41Cl3N8O2S. The number of ether oxygens (including phenoxy) is 1. The Bertz CT molecular complexity index is 1330. The number of H-pyrrole nitrogens is 1. The van der Waals surface area contributed by atoms with E-state index in [0.29, 0.717) is 29.5 Å². The molecular weight excluding hydrogens is 619 g/mol. The zero-order valence-corrected chi connectivity index (χ0v) is 27.3. The van der Waals surface area contributed by atoms with Crippen LogP contribution in [0, 0.1) is 0 Å². The smallest absolute Gasteiger partial charge is 0.278 e. The van der Waals surface area contributed by atoms with Crippen molar-refractivity contribution in [2.45, 2.75) is 95.8 Å². The summed E-state index contributed by atoms with van der Waals surface area (Å²) in [6.45, 7) is 6.93. The maximum Gasteiger partial charge on any atom is 0.278 e. The highest BCUT2D eigenvalue weighted by molar-refractivity contribution is 7.14. The summed E-state index contributed by atoms with van der Waals surface area (Å²) in [4.78, 5) is 29.1. The molecule has 2 aliphatic carbocycles. The lowest BCUT2D eigenvalue weighted by molar-refractivity contribution is -0.0134. The van der Waals surface area contributed by atoms with E-state index in [4.69, 9.17) is 10.5 Å². The van der Waals surface area contributed by atoms with Gasteiger partial charge in [-0.2, -0.15) is 5.10 Å². The van der Waals surface area contributed by atoms with Crippen LogP contribution >= 0.6 is 48.6 Å². The maximum absolute atomic E-state index is 13.2. The predicted octanol–water partition coefficient (Wildman–Crippen LogP) is 5.96. The second-order valence-electron chi connectivity index (χ2n) is 11.8. The van der Waals surface area contributed by atoms with Crippen molar-refractivity contribution in [3.05, 3.63) is 34.1 Å². The highest BCUT2D eigenvalue weighted by atomic mass is 35.5. The van der Waals surface area contributed by atoms with Crippen molar-refractivity contribution in [3.63, 3.8) is 0 Å². The molecule has 3 aliphatic rings. The first-order valence-electron chi connectivity index (χ1n) is 14.2. The number of aromatic nitrogens is 5. The summed E-state index contributed by atoms with van der Waals surface area (Å²) in [5.41, 5.74) is 10.0. The van der Waals surface area contributed by atoms with Gasteiger partial charge in [0.2, 0.25) is 5.95 Å². The molecule has 4 N–H and O–H groups in total. The van der Waals surface area contributed by atoms with Crippen molar-refractivity contribution in [2.24, 2.45) is 0 Å². The van der Waals surface area contributed by atoms with E-state index in [9.17, 15) is 4.79 Å². The van der Waals surface area contributed by atoms with Crippen LogP contribution in [0.4, 0.5) is 11.1 Å². The number of rotatable bonds is 6. The Labute approximate surface area is 269 Å². The average molecular weight is 660 g/mol. The van der Waals surface area contributed by atoms with Crippen LogP contribution in [0.3, 0.4) is 0 Å². The summed E-state index contributed by atoms with van der Waals surface area (Å²) in [6.07, 6.45) is 13.1. The topological polar surface area (TPSA) is 135 Å². The van der Waals surface area contributed by atoms with E-state index < -0.39 is 0 Å². The fraction of sp³-hybridized carbons (Fsp3) is 0.607. The Balaban J connectivity index is 0.00000161. The molecule has 0 aromatic carbocycles. The van der Waals surface area contributed by atoms with Crippen LogP contribution in [0.5, 0.6) is 0 Å². The Kier molecular flexibility index (Phi) is 12.0. The molecule has 14 heteroatoms. The number of hydrogen-bond acceptors (Lipinski definition) is 9. The number of nitrogens with one attached hydrogen (secondary N) is 2. The summed E-state index contributed by atoms with van der Waals surface area (Å²) in [6, 6.07) is 0.769. The normalized spacial score (nSPS) is 18.8. The minimum Gasteiger partial charge on any atom is -0.372 e. The second kappa shape index (κ2) is 14.6. The average Bonchev–Trinajstić information content (AvgIpc) is 3.45. The third kappa shape index (κ3) is 7.36. The van der Waals surface area contributed by atoms with Crippen molar-refractivity contribution in [1.82, 2.24) is 30.0 Å². The van der Waals surface area contributed by atoms with Crippen molar-refractivity contribution in [1.29, 1.82) is 0 Å². The molecule has 3 aromatic heterocycles. The Hall–Kier alpha value is -2.02. The van der Waals surface area contributed by atoms with E-state index in [0.717, 1.165) is 54.5 Å². The van der Waals surface area contributed by atoms with Gasteiger partial charge in [-0.1, -0.05) is 39.5 Å². The van der Waals surface area contributed by atoms with Gasteiger partial charge in [0, 0.05) is 41.8 Å². The molecule has 0 bridgehead atoms. The van der Waals surface area contributed by atoms with Gasteiger partial charge >= 0.3 is 0 Å². The molecule has 10 nitrogen and oxygen atoms in total. The molecule has 0 radical (unpaired) electrons. The molecule has 1 amide bonds. The van der Waals surface area contributed by atoms with Crippen molar-refractivity contribution >= 4 is 65.5 Å². The monoisotopic (exact) mass is 658 g/mol. The van der Waals surface area contributed by atoms with Gasteiger partial charge in [0.15, 0.2) is 10.8 Å². The highest BCUT2D eigenvalue weighted by Crippen LogP contribution is 2.42. The Morgan fingerprint density at radius 3 is 2.55 bits per heavy atom. The molecule has 1 saturated heterocycles. The molecule has 6 rings (SSSR count). The molecule has 42 heavy (non-hydrogen) atoms. The third-order valence-electron chi connectivity index (χ3n) is 8.53. The lowest BCUT2D eigenvalue weighted by Crippen LogP contribution is -2.43. The van der Waals surface area contributed by atoms with Crippen LogP contribution in [0.25, 0.3) is 11.4 Å². The molecule has 4 heterocycles. The molecule has 3 aromatic rings. The van der Waals surface area contributed by atoms with Gasteiger partial charge in [-0.05, 0) is 37.5 Å². The van der Waals surface area contributed by atoms with Crippen molar-refractivity contribution < 1.29 is 9.53 Å². The first kappa shape index (κ1) is 34.5. The number of fused-ring (bicyclic) bond motifs is 3. The molecule has 0 atom stereocenters. The molecule has 1 saturated carbocycles. The molecule has 232 valence electrons. The number of nitrogens with zero attached hydrogens (tertiary/aromatic N) is 5. The quantitative estimate of drug-likeness (QED) is 0.276. The van der Waals surface area contributed by atoms with Gasteiger partial charge in [0.05, 0.1) is 29.8 Å².